The zero-order valence-corrected chi connectivity index (χ0v) is 26.2. The van der Waals surface area contributed by atoms with Gasteiger partial charge in [-0.3, -0.25) is 19.6 Å². The summed E-state index contributed by atoms with van der Waals surface area (Å²) >= 11 is 0. The first-order valence-electron chi connectivity index (χ1n) is 16.0. The van der Waals surface area contributed by atoms with Crippen LogP contribution in [0.25, 0.3) is 21.5 Å². The third kappa shape index (κ3) is 5.84. The van der Waals surface area contributed by atoms with Gasteiger partial charge in [0.2, 0.25) is 0 Å². The van der Waals surface area contributed by atoms with Crippen molar-refractivity contribution >= 4 is 45.5 Å². The number of allylic oxidation sites excluding steroid dienone is 4. The average molecular weight is 635 g/mol. The van der Waals surface area contributed by atoms with Crippen LogP contribution in [0.5, 0.6) is 11.5 Å². The van der Waals surface area contributed by atoms with Crippen LogP contribution < -0.4 is 10.6 Å². The van der Waals surface area contributed by atoms with E-state index in [1.807, 2.05) is 61.0 Å². The minimum Gasteiger partial charge on any atom is -0.507 e. The Labute approximate surface area is 277 Å². The van der Waals surface area contributed by atoms with Crippen molar-refractivity contribution in [2.75, 3.05) is 26.2 Å². The van der Waals surface area contributed by atoms with Crippen LogP contribution in [0.1, 0.15) is 44.7 Å². The summed E-state index contributed by atoms with van der Waals surface area (Å²) in [6.07, 6.45) is 4.68. The van der Waals surface area contributed by atoms with Gasteiger partial charge in [-0.1, -0.05) is 84.9 Å². The SMILES string of the molecule is O=C1C2=C(NCCN=Cc3cccc4ccccc34)CCC(NCCN=Cc3cccc4ccccc34)=C2C(=O)c2c(O)ccc(O)c21. The largest absolute Gasteiger partial charge is 0.507 e. The molecule has 8 heteroatoms. The number of nitrogens with zero attached hydrogens (tertiary/aromatic N) is 2. The molecule has 4 N–H and O–H groups in total. The Balaban J connectivity index is 1.11. The number of nitrogens with one attached hydrogen (secondary N) is 2. The predicted octanol–water partition coefficient (Wildman–Crippen LogP) is 6.50. The first-order chi connectivity index (χ1) is 23.5. The molecule has 0 saturated heterocycles. The first-order valence-corrected chi connectivity index (χ1v) is 16.0. The van der Waals surface area contributed by atoms with E-state index >= 15 is 0 Å². The van der Waals surface area contributed by atoms with Crippen LogP contribution in [-0.4, -0.2) is 60.4 Å². The maximum absolute atomic E-state index is 13.9. The number of carbonyl (C=O) groups is 2. The molecule has 0 aromatic heterocycles. The highest BCUT2D eigenvalue weighted by Crippen LogP contribution is 2.43. The van der Waals surface area contributed by atoms with Crippen molar-refractivity contribution in [1.82, 2.24) is 10.6 Å². The molecule has 2 aliphatic carbocycles. The van der Waals surface area contributed by atoms with Gasteiger partial charge in [-0.05, 0) is 46.5 Å². The van der Waals surface area contributed by atoms with Crippen LogP contribution >= 0.6 is 0 Å². The molecule has 0 aliphatic heterocycles. The maximum Gasteiger partial charge on any atom is 0.200 e. The van der Waals surface area contributed by atoms with E-state index in [0.717, 1.165) is 32.7 Å². The summed E-state index contributed by atoms with van der Waals surface area (Å²) in [6, 6.07) is 31.0. The number of carbonyl (C=O) groups excluding carboxylic acids is 2. The normalized spacial score (nSPS) is 14.8. The van der Waals surface area contributed by atoms with Crippen LogP contribution in [-0.2, 0) is 0 Å². The van der Waals surface area contributed by atoms with Crippen LogP contribution in [0.2, 0.25) is 0 Å². The topological polar surface area (TPSA) is 123 Å². The monoisotopic (exact) mass is 634 g/mol. The number of fused-ring (bicyclic) bond motifs is 4. The van der Waals surface area contributed by atoms with E-state index in [2.05, 4.69) is 57.0 Å². The molecule has 0 fully saturated rings. The van der Waals surface area contributed by atoms with Crippen LogP contribution in [0.15, 0.2) is 130 Å². The summed E-state index contributed by atoms with van der Waals surface area (Å²) in [7, 11) is 0. The lowest BCUT2D eigenvalue weighted by Gasteiger charge is -2.30. The number of benzene rings is 5. The molecule has 0 spiro atoms. The third-order valence-corrected chi connectivity index (χ3v) is 8.81. The second-order valence-electron chi connectivity index (χ2n) is 11.8. The Morgan fingerprint density at radius 1 is 0.562 bits per heavy atom. The lowest BCUT2D eigenvalue weighted by molar-refractivity contribution is 0.0963. The van der Waals surface area contributed by atoms with Crippen molar-refractivity contribution in [1.29, 1.82) is 0 Å². The molecule has 2 aliphatic rings. The molecule has 7 rings (SSSR count). The average Bonchev–Trinajstić information content (AvgIpc) is 3.11. The van der Waals surface area contributed by atoms with E-state index in [0.29, 0.717) is 50.4 Å². The summed E-state index contributed by atoms with van der Waals surface area (Å²) in [6.45, 7) is 1.78. The first kappa shape index (κ1) is 30.6. The van der Waals surface area contributed by atoms with Gasteiger partial charge in [-0.2, -0.15) is 0 Å². The molecule has 5 aromatic rings. The Bertz CT molecular complexity index is 2050. The van der Waals surface area contributed by atoms with Gasteiger partial charge >= 0.3 is 0 Å². The fourth-order valence-electron chi connectivity index (χ4n) is 6.54. The molecule has 0 saturated carbocycles. The molecule has 8 nitrogen and oxygen atoms in total. The number of hydrogen-bond donors (Lipinski definition) is 4. The molecule has 0 unspecified atom stereocenters. The number of phenols is 2. The standard InChI is InChI=1S/C40H34N4O4/c45-33-17-18-34(46)38-37(33)39(47)35-31(43-21-19-41-23-27-11-5-9-25-7-1-3-13-29(25)27)15-16-32(36(35)40(38)48)44-22-20-42-24-28-12-6-10-26-8-2-4-14-30(26)28/h1-14,17-18,23-24,43-46H,15-16,19-22H2. The molecule has 0 amide bonds. The quantitative estimate of drug-likeness (QED) is 0.0790. The van der Waals surface area contributed by atoms with Gasteiger partial charge in [0.15, 0.2) is 11.6 Å². The van der Waals surface area contributed by atoms with Crippen molar-refractivity contribution in [2.24, 2.45) is 9.98 Å². The lowest BCUT2D eigenvalue weighted by Crippen LogP contribution is -2.35. The predicted molar refractivity (Wildman–Crippen MR) is 191 cm³/mol. The van der Waals surface area contributed by atoms with Gasteiger partial charge in [0.05, 0.1) is 35.4 Å². The van der Waals surface area contributed by atoms with Gasteiger partial charge in [0.25, 0.3) is 0 Å². The zero-order chi connectivity index (χ0) is 33.0. The molecule has 0 radical (unpaired) electrons. The second-order valence-corrected chi connectivity index (χ2v) is 11.8. The van der Waals surface area contributed by atoms with Crippen molar-refractivity contribution in [3.05, 3.63) is 142 Å². The van der Waals surface area contributed by atoms with Gasteiger partial charge in [-0.25, -0.2) is 0 Å². The summed E-state index contributed by atoms with van der Waals surface area (Å²) < 4.78 is 0. The van der Waals surface area contributed by atoms with E-state index in [9.17, 15) is 19.8 Å². The van der Waals surface area contributed by atoms with E-state index in [-0.39, 0.29) is 33.8 Å². The molecule has 0 heterocycles. The number of ketones is 2. The highest BCUT2D eigenvalue weighted by atomic mass is 16.3. The number of aromatic hydroxyl groups is 2. The molecule has 48 heavy (non-hydrogen) atoms. The van der Waals surface area contributed by atoms with Gasteiger partial charge in [0.1, 0.15) is 11.5 Å². The minimum absolute atomic E-state index is 0.173. The number of Topliss-reactive ketones (excluding diaryl/α,β-unsaturated/α-hetero) is 2. The molecule has 0 atom stereocenters. The highest BCUT2D eigenvalue weighted by Gasteiger charge is 2.41. The molecule has 238 valence electrons. The smallest absolute Gasteiger partial charge is 0.200 e. The third-order valence-electron chi connectivity index (χ3n) is 8.81. The van der Waals surface area contributed by atoms with Crippen molar-refractivity contribution in [2.45, 2.75) is 12.8 Å². The Morgan fingerprint density at radius 3 is 1.44 bits per heavy atom. The van der Waals surface area contributed by atoms with Crippen molar-refractivity contribution in [3.8, 4) is 11.5 Å². The maximum atomic E-state index is 13.9. The van der Waals surface area contributed by atoms with Crippen molar-refractivity contribution in [3.63, 3.8) is 0 Å². The van der Waals surface area contributed by atoms with Crippen LogP contribution in [0, 0.1) is 0 Å². The number of rotatable bonds is 10. The summed E-state index contributed by atoms with van der Waals surface area (Å²) in [4.78, 5) is 37.1. The summed E-state index contributed by atoms with van der Waals surface area (Å²) in [5.74, 6) is -1.67. The molecular formula is C40H34N4O4. The number of aliphatic imine (C=N–C) groups is 2. The van der Waals surface area contributed by atoms with E-state index < -0.39 is 11.6 Å². The van der Waals surface area contributed by atoms with Crippen LogP contribution in [0.3, 0.4) is 0 Å². The zero-order valence-electron chi connectivity index (χ0n) is 26.2. The fourth-order valence-corrected chi connectivity index (χ4v) is 6.54. The van der Waals surface area contributed by atoms with E-state index in [1.165, 1.54) is 12.1 Å². The second kappa shape index (κ2) is 13.4. The number of hydrogen-bond acceptors (Lipinski definition) is 8. The highest BCUT2D eigenvalue weighted by molar-refractivity contribution is 6.33. The minimum atomic E-state index is -0.497. The Hall–Kier alpha value is -6.02. The fraction of sp³-hybridized carbons (Fsp3) is 0.150. The number of phenolic OH excluding ortho intramolecular Hbond substituents is 2. The molecule has 0 bridgehead atoms. The van der Waals surface area contributed by atoms with Crippen molar-refractivity contribution < 1.29 is 19.8 Å². The molecule has 5 aromatic carbocycles. The molecular weight excluding hydrogens is 600 g/mol. The van der Waals surface area contributed by atoms with Crippen LogP contribution in [0.4, 0.5) is 0 Å². The summed E-state index contributed by atoms with van der Waals surface area (Å²) in [5, 5.41) is 32.4. The van der Waals surface area contributed by atoms with E-state index in [4.69, 9.17) is 0 Å². The summed E-state index contributed by atoms with van der Waals surface area (Å²) in [5.41, 5.74) is 3.39. The lowest BCUT2D eigenvalue weighted by atomic mass is 9.76. The van der Waals surface area contributed by atoms with E-state index in [1.54, 1.807) is 0 Å². The van der Waals surface area contributed by atoms with Gasteiger partial charge in [-0.15, -0.1) is 0 Å². The van der Waals surface area contributed by atoms with Gasteiger partial charge < -0.3 is 20.8 Å². The Morgan fingerprint density at radius 2 is 0.979 bits per heavy atom. The Kier molecular flexibility index (Phi) is 8.53. The van der Waals surface area contributed by atoms with Gasteiger partial charge in [0, 0.05) is 48.0 Å².